The van der Waals surface area contributed by atoms with Crippen LogP contribution in [0.25, 0.3) is 0 Å². The lowest BCUT2D eigenvalue weighted by molar-refractivity contribution is 0.00642. The first kappa shape index (κ1) is 11.8. The molecule has 0 saturated carbocycles. The largest absolute Gasteiger partial charge is 0.455 e. The SMILES string of the molecule is CC(C)(C)OC(=O)c1nccc(Cl)c1N. The molecular formula is C10H13ClN2O2. The van der Waals surface area contributed by atoms with Crippen molar-refractivity contribution in [3.8, 4) is 0 Å². The number of carbonyl (C=O) groups excluding carboxylic acids is 1. The molecule has 1 heterocycles. The molecule has 5 heteroatoms. The van der Waals surface area contributed by atoms with Gasteiger partial charge in [-0.2, -0.15) is 0 Å². The Morgan fingerprint density at radius 1 is 1.53 bits per heavy atom. The van der Waals surface area contributed by atoms with Crippen LogP contribution in [0.2, 0.25) is 5.02 Å². The Balaban J connectivity index is 2.97. The number of anilines is 1. The fraction of sp³-hybridized carbons (Fsp3) is 0.400. The minimum Gasteiger partial charge on any atom is -0.455 e. The predicted molar refractivity (Wildman–Crippen MR) is 58.8 cm³/mol. The predicted octanol–water partition coefficient (Wildman–Crippen LogP) is 2.27. The third-order valence-electron chi connectivity index (χ3n) is 1.53. The summed E-state index contributed by atoms with van der Waals surface area (Å²) in [7, 11) is 0. The smallest absolute Gasteiger partial charge is 0.359 e. The second kappa shape index (κ2) is 4.06. The van der Waals surface area contributed by atoms with Crippen molar-refractivity contribution >= 4 is 23.3 Å². The summed E-state index contributed by atoms with van der Waals surface area (Å²) in [6.45, 7) is 5.31. The fourth-order valence-corrected chi connectivity index (χ4v) is 1.08. The van der Waals surface area contributed by atoms with Crippen LogP contribution >= 0.6 is 11.6 Å². The molecule has 2 N–H and O–H groups in total. The van der Waals surface area contributed by atoms with Gasteiger partial charge in [0.15, 0.2) is 5.69 Å². The van der Waals surface area contributed by atoms with Gasteiger partial charge in [0.05, 0.1) is 10.7 Å². The first-order valence-corrected chi connectivity index (χ1v) is 4.82. The van der Waals surface area contributed by atoms with E-state index in [4.69, 9.17) is 22.1 Å². The van der Waals surface area contributed by atoms with Gasteiger partial charge in [-0.15, -0.1) is 0 Å². The van der Waals surface area contributed by atoms with Crippen molar-refractivity contribution in [2.45, 2.75) is 26.4 Å². The van der Waals surface area contributed by atoms with E-state index in [1.54, 1.807) is 20.8 Å². The Morgan fingerprint density at radius 2 is 2.13 bits per heavy atom. The third kappa shape index (κ3) is 3.09. The molecule has 0 atom stereocenters. The van der Waals surface area contributed by atoms with Gasteiger partial charge in [-0.25, -0.2) is 9.78 Å². The minimum absolute atomic E-state index is 0.0532. The number of esters is 1. The van der Waals surface area contributed by atoms with Crippen LogP contribution in [0.15, 0.2) is 12.3 Å². The normalized spacial score (nSPS) is 11.2. The van der Waals surface area contributed by atoms with Gasteiger partial charge in [-0.1, -0.05) is 11.6 Å². The molecule has 1 aromatic rings. The van der Waals surface area contributed by atoms with E-state index in [-0.39, 0.29) is 11.4 Å². The highest BCUT2D eigenvalue weighted by Crippen LogP contribution is 2.22. The zero-order valence-electron chi connectivity index (χ0n) is 8.87. The van der Waals surface area contributed by atoms with Crippen LogP contribution in [0, 0.1) is 0 Å². The highest BCUT2D eigenvalue weighted by Gasteiger charge is 2.21. The van der Waals surface area contributed by atoms with Crippen molar-refractivity contribution in [1.82, 2.24) is 4.98 Å². The van der Waals surface area contributed by atoms with Crippen molar-refractivity contribution in [2.75, 3.05) is 5.73 Å². The number of rotatable bonds is 1. The molecule has 0 saturated heterocycles. The Bertz CT molecular complexity index is 385. The van der Waals surface area contributed by atoms with Gasteiger partial charge in [-0.3, -0.25) is 0 Å². The van der Waals surface area contributed by atoms with Crippen LogP contribution in [-0.4, -0.2) is 16.6 Å². The third-order valence-corrected chi connectivity index (χ3v) is 1.86. The first-order valence-electron chi connectivity index (χ1n) is 4.44. The summed E-state index contributed by atoms with van der Waals surface area (Å²) in [6, 6.07) is 1.52. The molecule has 0 unspecified atom stereocenters. The summed E-state index contributed by atoms with van der Waals surface area (Å²) >= 11 is 5.76. The van der Waals surface area contributed by atoms with Crippen LogP contribution in [-0.2, 0) is 4.74 Å². The van der Waals surface area contributed by atoms with E-state index in [2.05, 4.69) is 4.98 Å². The monoisotopic (exact) mass is 228 g/mol. The maximum atomic E-state index is 11.6. The Labute approximate surface area is 93.4 Å². The van der Waals surface area contributed by atoms with Crippen molar-refractivity contribution in [1.29, 1.82) is 0 Å². The Morgan fingerprint density at radius 3 is 2.67 bits per heavy atom. The zero-order valence-corrected chi connectivity index (χ0v) is 9.63. The van der Waals surface area contributed by atoms with E-state index in [9.17, 15) is 4.79 Å². The Kier molecular flexibility index (Phi) is 3.19. The minimum atomic E-state index is -0.576. The summed E-state index contributed by atoms with van der Waals surface area (Å²) in [6.07, 6.45) is 1.41. The number of nitrogens with zero attached hydrogens (tertiary/aromatic N) is 1. The number of nitrogen functional groups attached to an aromatic ring is 1. The highest BCUT2D eigenvalue weighted by atomic mass is 35.5. The van der Waals surface area contributed by atoms with E-state index in [0.29, 0.717) is 5.02 Å². The lowest BCUT2D eigenvalue weighted by atomic mass is 10.2. The van der Waals surface area contributed by atoms with E-state index in [1.807, 2.05) is 0 Å². The Hall–Kier alpha value is -1.29. The van der Waals surface area contributed by atoms with Crippen LogP contribution in [0.3, 0.4) is 0 Å². The molecule has 1 aromatic heterocycles. The van der Waals surface area contributed by atoms with Gasteiger partial charge in [0.25, 0.3) is 0 Å². The molecule has 4 nitrogen and oxygen atoms in total. The van der Waals surface area contributed by atoms with Gasteiger partial charge < -0.3 is 10.5 Å². The number of ether oxygens (including phenoxy) is 1. The molecular weight excluding hydrogens is 216 g/mol. The summed E-state index contributed by atoms with van der Waals surface area (Å²) in [5.41, 5.74) is 5.23. The number of halogens is 1. The van der Waals surface area contributed by atoms with Gasteiger partial charge in [0.1, 0.15) is 5.60 Å². The van der Waals surface area contributed by atoms with E-state index in [1.165, 1.54) is 12.3 Å². The molecule has 0 amide bonds. The number of hydrogen-bond acceptors (Lipinski definition) is 4. The summed E-state index contributed by atoms with van der Waals surface area (Å²) in [4.78, 5) is 15.4. The molecule has 82 valence electrons. The fourth-order valence-electron chi connectivity index (χ4n) is 0.939. The first-order chi connectivity index (χ1) is 6.81. The maximum absolute atomic E-state index is 11.6. The van der Waals surface area contributed by atoms with Crippen molar-refractivity contribution in [2.24, 2.45) is 0 Å². The molecule has 0 bridgehead atoms. The lowest BCUT2D eigenvalue weighted by Gasteiger charge is -2.19. The van der Waals surface area contributed by atoms with Crippen molar-refractivity contribution in [3.63, 3.8) is 0 Å². The average molecular weight is 229 g/mol. The zero-order chi connectivity index (χ0) is 11.6. The number of aromatic nitrogens is 1. The average Bonchev–Trinajstić information content (AvgIpc) is 2.06. The summed E-state index contributed by atoms with van der Waals surface area (Å²) < 4.78 is 5.12. The molecule has 1 rings (SSSR count). The second-order valence-electron chi connectivity index (χ2n) is 4.06. The quantitative estimate of drug-likeness (QED) is 0.749. The van der Waals surface area contributed by atoms with Crippen molar-refractivity contribution in [3.05, 3.63) is 23.0 Å². The van der Waals surface area contributed by atoms with Gasteiger partial charge in [-0.05, 0) is 26.8 Å². The molecule has 0 aromatic carbocycles. The summed E-state index contributed by atoms with van der Waals surface area (Å²) in [5.74, 6) is -0.567. The molecule has 0 fully saturated rings. The number of carbonyl (C=O) groups is 1. The summed E-state index contributed by atoms with van der Waals surface area (Å²) in [5, 5.41) is 0.297. The molecule has 0 aliphatic rings. The van der Waals surface area contributed by atoms with E-state index in [0.717, 1.165) is 0 Å². The number of hydrogen-bond donors (Lipinski definition) is 1. The van der Waals surface area contributed by atoms with Crippen LogP contribution < -0.4 is 5.73 Å². The van der Waals surface area contributed by atoms with Crippen molar-refractivity contribution < 1.29 is 9.53 Å². The second-order valence-corrected chi connectivity index (χ2v) is 4.46. The number of pyridine rings is 1. The van der Waals surface area contributed by atoms with Crippen LogP contribution in [0.4, 0.5) is 5.69 Å². The molecule has 0 aliphatic carbocycles. The van der Waals surface area contributed by atoms with E-state index < -0.39 is 11.6 Å². The van der Waals surface area contributed by atoms with Crippen LogP contribution in [0.1, 0.15) is 31.3 Å². The molecule has 0 spiro atoms. The maximum Gasteiger partial charge on any atom is 0.359 e. The lowest BCUT2D eigenvalue weighted by Crippen LogP contribution is -2.25. The van der Waals surface area contributed by atoms with Crippen LogP contribution in [0.5, 0.6) is 0 Å². The van der Waals surface area contributed by atoms with E-state index >= 15 is 0 Å². The number of nitrogens with two attached hydrogens (primary N) is 1. The van der Waals surface area contributed by atoms with Gasteiger partial charge >= 0.3 is 5.97 Å². The van der Waals surface area contributed by atoms with Gasteiger partial charge in [0, 0.05) is 6.20 Å². The molecule has 0 aliphatic heterocycles. The standard InChI is InChI=1S/C10H13ClN2O2/c1-10(2,3)15-9(14)8-7(12)6(11)4-5-13-8/h4-5H,12H2,1-3H3. The van der Waals surface area contributed by atoms with Gasteiger partial charge in [0.2, 0.25) is 0 Å². The topological polar surface area (TPSA) is 65.2 Å². The highest BCUT2D eigenvalue weighted by molar-refractivity contribution is 6.33. The molecule has 15 heavy (non-hydrogen) atoms. The molecule has 0 radical (unpaired) electrons.